The highest BCUT2D eigenvalue weighted by atomic mass is 32.2. The highest BCUT2D eigenvalue weighted by molar-refractivity contribution is 8.00. The second kappa shape index (κ2) is 6.68. The van der Waals surface area contributed by atoms with E-state index in [1.165, 1.54) is 6.26 Å². The summed E-state index contributed by atoms with van der Waals surface area (Å²) in [6.07, 6.45) is 1.28. The van der Waals surface area contributed by atoms with Crippen molar-refractivity contribution in [1.29, 1.82) is 0 Å². The van der Waals surface area contributed by atoms with Crippen LogP contribution in [0.5, 0.6) is 0 Å². The Kier molecular flexibility index (Phi) is 6.81. The van der Waals surface area contributed by atoms with E-state index in [4.69, 9.17) is 0 Å². The van der Waals surface area contributed by atoms with Gasteiger partial charge in [0.05, 0.1) is 5.75 Å². The Balaban J connectivity index is 3.36. The summed E-state index contributed by atoms with van der Waals surface area (Å²) in [4.78, 5) is 0. The van der Waals surface area contributed by atoms with Crippen molar-refractivity contribution in [2.24, 2.45) is 0 Å². The molecule has 0 aromatic rings. The number of hydrogen-bond donors (Lipinski definition) is 1. The van der Waals surface area contributed by atoms with Crippen LogP contribution in [0.2, 0.25) is 0 Å². The number of hydrogen-bond acceptors (Lipinski definition) is 4. The van der Waals surface area contributed by atoms with Crippen LogP contribution in [-0.2, 0) is 9.84 Å². The monoisotopic (exact) mass is 225 g/mol. The van der Waals surface area contributed by atoms with E-state index >= 15 is 0 Å². The van der Waals surface area contributed by atoms with Gasteiger partial charge in [0, 0.05) is 23.8 Å². The molecule has 0 aromatic heterocycles. The molecule has 0 amide bonds. The van der Waals surface area contributed by atoms with Crippen molar-refractivity contribution in [2.75, 3.05) is 30.1 Å². The minimum atomic E-state index is -2.78. The summed E-state index contributed by atoms with van der Waals surface area (Å²) in [5, 5.41) is 3.27. The highest BCUT2D eigenvalue weighted by Gasteiger charge is 2.03. The maximum atomic E-state index is 10.8. The first-order valence-electron chi connectivity index (χ1n) is 4.44. The third-order valence-electron chi connectivity index (χ3n) is 1.52. The standard InChI is InChI=1S/C8H19NO2S2/c1-4-9-8(2)7-12-5-6-13(3,10)11/h8-9H,4-7H2,1-3H3. The van der Waals surface area contributed by atoms with Gasteiger partial charge >= 0.3 is 0 Å². The summed E-state index contributed by atoms with van der Waals surface area (Å²) in [5.74, 6) is 1.97. The molecule has 0 saturated heterocycles. The lowest BCUT2D eigenvalue weighted by molar-refractivity contribution is 0.603. The Morgan fingerprint density at radius 3 is 2.54 bits per heavy atom. The van der Waals surface area contributed by atoms with Crippen LogP contribution in [0.1, 0.15) is 13.8 Å². The predicted octanol–water partition coefficient (Wildman–Crippen LogP) is 0.762. The first-order chi connectivity index (χ1) is 5.95. The fraction of sp³-hybridized carbons (Fsp3) is 1.00. The van der Waals surface area contributed by atoms with Gasteiger partial charge in [0.2, 0.25) is 0 Å². The normalized spacial score (nSPS) is 14.4. The minimum absolute atomic E-state index is 0.288. The molecule has 0 radical (unpaired) electrons. The van der Waals surface area contributed by atoms with E-state index in [2.05, 4.69) is 19.2 Å². The molecule has 0 aliphatic rings. The van der Waals surface area contributed by atoms with Gasteiger partial charge in [-0.15, -0.1) is 0 Å². The lowest BCUT2D eigenvalue weighted by Gasteiger charge is -2.10. The summed E-state index contributed by atoms with van der Waals surface area (Å²) >= 11 is 1.69. The van der Waals surface area contributed by atoms with Crippen molar-refractivity contribution < 1.29 is 8.42 Å². The van der Waals surface area contributed by atoms with Gasteiger partial charge < -0.3 is 5.32 Å². The molecule has 5 heteroatoms. The van der Waals surface area contributed by atoms with Crippen LogP contribution in [0.4, 0.5) is 0 Å². The summed E-state index contributed by atoms with van der Waals surface area (Å²) in [7, 11) is -2.78. The minimum Gasteiger partial charge on any atom is -0.314 e. The molecule has 0 spiro atoms. The van der Waals surface area contributed by atoms with Crippen LogP contribution in [0.3, 0.4) is 0 Å². The molecule has 0 aliphatic carbocycles. The molecule has 3 nitrogen and oxygen atoms in total. The lowest BCUT2D eigenvalue weighted by atomic mass is 10.4. The average Bonchev–Trinajstić information content (AvgIpc) is 1.97. The fourth-order valence-electron chi connectivity index (χ4n) is 0.878. The molecule has 0 fully saturated rings. The fourth-order valence-corrected chi connectivity index (χ4v) is 3.20. The topological polar surface area (TPSA) is 46.2 Å². The quantitative estimate of drug-likeness (QED) is 0.650. The third kappa shape index (κ3) is 10.2. The summed E-state index contributed by atoms with van der Waals surface area (Å²) in [5.41, 5.74) is 0. The van der Waals surface area contributed by atoms with Crippen LogP contribution in [0, 0.1) is 0 Å². The molecule has 0 heterocycles. The van der Waals surface area contributed by atoms with E-state index in [9.17, 15) is 8.42 Å². The van der Waals surface area contributed by atoms with Gasteiger partial charge in [-0.2, -0.15) is 11.8 Å². The van der Waals surface area contributed by atoms with Crippen molar-refractivity contribution in [1.82, 2.24) is 5.32 Å². The maximum absolute atomic E-state index is 10.8. The van der Waals surface area contributed by atoms with Gasteiger partial charge in [0.25, 0.3) is 0 Å². The van der Waals surface area contributed by atoms with Crippen molar-refractivity contribution in [3.05, 3.63) is 0 Å². The van der Waals surface area contributed by atoms with Crippen molar-refractivity contribution in [2.45, 2.75) is 19.9 Å². The molecule has 0 bridgehead atoms. The van der Waals surface area contributed by atoms with Gasteiger partial charge in [-0.3, -0.25) is 0 Å². The van der Waals surface area contributed by atoms with Crippen molar-refractivity contribution in [3.8, 4) is 0 Å². The first-order valence-corrected chi connectivity index (χ1v) is 7.66. The molecule has 80 valence electrons. The van der Waals surface area contributed by atoms with E-state index in [-0.39, 0.29) is 5.75 Å². The van der Waals surface area contributed by atoms with Crippen LogP contribution < -0.4 is 5.32 Å². The Labute approximate surface area is 85.6 Å². The van der Waals surface area contributed by atoms with E-state index in [1.807, 2.05) is 0 Å². The van der Waals surface area contributed by atoms with Crippen LogP contribution in [-0.4, -0.2) is 44.5 Å². The number of thioether (sulfide) groups is 1. The highest BCUT2D eigenvalue weighted by Crippen LogP contribution is 2.03. The molecule has 1 N–H and O–H groups in total. The first kappa shape index (κ1) is 13.3. The zero-order chi connectivity index (χ0) is 10.3. The zero-order valence-electron chi connectivity index (χ0n) is 8.54. The lowest BCUT2D eigenvalue weighted by Crippen LogP contribution is -2.28. The predicted molar refractivity (Wildman–Crippen MR) is 60.2 cm³/mol. The number of sulfone groups is 1. The van der Waals surface area contributed by atoms with Gasteiger partial charge in [-0.05, 0) is 13.5 Å². The van der Waals surface area contributed by atoms with Crippen LogP contribution >= 0.6 is 11.8 Å². The van der Waals surface area contributed by atoms with Crippen LogP contribution in [0.15, 0.2) is 0 Å². The molecule has 13 heavy (non-hydrogen) atoms. The molecular weight excluding hydrogens is 206 g/mol. The average molecular weight is 225 g/mol. The van der Waals surface area contributed by atoms with Crippen molar-refractivity contribution >= 4 is 21.6 Å². The van der Waals surface area contributed by atoms with Gasteiger partial charge in [-0.25, -0.2) is 8.42 Å². The van der Waals surface area contributed by atoms with E-state index in [0.717, 1.165) is 12.3 Å². The Morgan fingerprint density at radius 2 is 2.08 bits per heavy atom. The third-order valence-corrected chi connectivity index (χ3v) is 3.95. The summed E-state index contributed by atoms with van der Waals surface area (Å²) in [6.45, 7) is 5.14. The van der Waals surface area contributed by atoms with Gasteiger partial charge in [0.15, 0.2) is 0 Å². The van der Waals surface area contributed by atoms with Crippen molar-refractivity contribution in [3.63, 3.8) is 0 Å². The Morgan fingerprint density at radius 1 is 1.46 bits per heavy atom. The van der Waals surface area contributed by atoms with Gasteiger partial charge in [0.1, 0.15) is 9.84 Å². The van der Waals surface area contributed by atoms with E-state index in [0.29, 0.717) is 11.8 Å². The molecule has 1 atom stereocenters. The molecule has 0 aromatic carbocycles. The van der Waals surface area contributed by atoms with E-state index in [1.54, 1.807) is 11.8 Å². The van der Waals surface area contributed by atoms with Gasteiger partial charge in [-0.1, -0.05) is 6.92 Å². The van der Waals surface area contributed by atoms with Crippen LogP contribution in [0.25, 0.3) is 0 Å². The smallest absolute Gasteiger partial charge is 0.148 e. The summed E-state index contributed by atoms with van der Waals surface area (Å²) < 4.78 is 21.5. The molecule has 1 unspecified atom stereocenters. The summed E-state index contributed by atoms with van der Waals surface area (Å²) in [6, 6.07) is 0.467. The number of nitrogens with one attached hydrogen (secondary N) is 1. The Bertz CT molecular complexity index is 214. The zero-order valence-corrected chi connectivity index (χ0v) is 10.2. The molecular formula is C8H19NO2S2. The molecule has 0 rings (SSSR count). The van der Waals surface area contributed by atoms with E-state index < -0.39 is 9.84 Å². The molecule has 0 aliphatic heterocycles. The second-order valence-electron chi connectivity index (χ2n) is 3.16. The SMILES string of the molecule is CCNC(C)CSCCS(C)(=O)=O. The number of rotatable bonds is 7. The molecule has 0 saturated carbocycles. The second-order valence-corrected chi connectivity index (χ2v) is 6.57. The largest absolute Gasteiger partial charge is 0.314 e. The maximum Gasteiger partial charge on any atom is 0.148 e. The Hall–Kier alpha value is 0.260.